The van der Waals surface area contributed by atoms with E-state index in [1.54, 1.807) is 6.92 Å². The highest BCUT2D eigenvalue weighted by Crippen LogP contribution is 2.01. The standard InChI is InChI=1S/C12H18IN3O2/c1-7(2)8(3)15-11(17)6-16-9(4)14-5-10(13)12(16)18/h5,7-8H,6H2,1-4H3,(H,15,17). The van der Waals surface area contributed by atoms with E-state index < -0.39 is 0 Å². The molecule has 1 N–H and O–H groups in total. The molecule has 18 heavy (non-hydrogen) atoms. The van der Waals surface area contributed by atoms with Crippen molar-refractivity contribution in [1.29, 1.82) is 0 Å². The highest BCUT2D eigenvalue weighted by atomic mass is 127. The summed E-state index contributed by atoms with van der Waals surface area (Å²) < 4.78 is 1.91. The molecule has 1 amide bonds. The number of carbonyl (C=O) groups is 1. The van der Waals surface area contributed by atoms with Crippen LogP contribution in [0.4, 0.5) is 0 Å². The van der Waals surface area contributed by atoms with Crippen LogP contribution in [0.25, 0.3) is 0 Å². The SMILES string of the molecule is Cc1ncc(I)c(=O)n1CC(=O)NC(C)C(C)C. The molecule has 0 spiro atoms. The minimum absolute atomic E-state index is 0.0194. The van der Waals surface area contributed by atoms with Crippen LogP contribution < -0.4 is 10.9 Å². The van der Waals surface area contributed by atoms with Crippen molar-refractivity contribution in [2.75, 3.05) is 0 Å². The van der Waals surface area contributed by atoms with Gasteiger partial charge < -0.3 is 5.32 Å². The summed E-state index contributed by atoms with van der Waals surface area (Å²) in [5, 5.41) is 2.87. The van der Waals surface area contributed by atoms with Gasteiger partial charge in [-0.1, -0.05) is 13.8 Å². The molecule has 1 aromatic rings. The lowest BCUT2D eigenvalue weighted by molar-refractivity contribution is -0.122. The van der Waals surface area contributed by atoms with Gasteiger partial charge in [-0.25, -0.2) is 4.98 Å². The van der Waals surface area contributed by atoms with E-state index in [1.165, 1.54) is 10.8 Å². The summed E-state index contributed by atoms with van der Waals surface area (Å²) >= 11 is 1.92. The molecule has 1 atom stereocenters. The molecule has 0 aromatic carbocycles. The van der Waals surface area contributed by atoms with Crippen molar-refractivity contribution in [2.24, 2.45) is 5.92 Å². The molecule has 0 aliphatic carbocycles. The second-order valence-corrected chi connectivity index (χ2v) is 5.81. The molecule has 0 saturated carbocycles. The van der Waals surface area contributed by atoms with Crippen LogP contribution in [0.3, 0.4) is 0 Å². The van der Waals surface area contributed by atoms with Gasteiger partial charge in [0.1, 0.15) is 12.4 Å². The molecule has 100 valence electrons. The first-order valence-electron chi connectivity index (χ1n) is 5.84. The van der Waals surface area contributed by atoms with Gasteiger partial charge in [0.25, 0.3) is 5.56 Å². The predicted octanol–water partition coefficient (Wildman–Crippen LogP) is 1.32. The van der Waals surface area contributed by atoms with Gasteiger partial charge in [0.2, 0.25) is 5.91 Å². The Morgan fingerprint density at radius 3 is 2.67 bits per heavy atom. The third kappa shape index (κ3) is 3.79. The number of aryl methyl sites for hydroxylation is 1. The Bertz CT molecular complexity index is 497. The third-order valence-corrected chi connectivity index (χ3v) is 3.64. The largest absolute Gasteiger partial charge is 0.352 e. The fourth-order valence-electron chi connectivity index (χ4n) is 1.35. The van der Waals surface area contributed by atoms with Gasteiger partial charge in [0.15, 0.2) is 0 Å². The molecule has 1 aromatic heterocycles. The summed E-state index contributed by atoms with van der Waals surface area (Å²) in [5.41, 5.74) is -0.171. The summed E-state index contributed by atoms with van der Waals surface area (Å²) in [6.45, 7) is 7.76. The van der Waals surface area contributed by atoms with Crippen molar-refractivity contribution >= 4 is 28.5 Å². The lowest BCUT2D eigenvalue weighted by Gasteiger charge is -2.18. The first-order valence-corrected chi connectivity index (χ1v) is 6.92. The molecule has 1 rings (SSSR count). The molecule has 0 fully saturated rings. The molecule has 0 aliphatic heterocycles. The summed E-state index contributed by atoms with van der Waals surface area (Å²) in [7, 11) is 0. The number of rotatable bonds is 4. The van der Waals surface area contributed by atoms with E-state index in [-0.39, 0.29) is 24.1 Å². The molecule has 0 aliphatic rings. The van der Waals surface area contributed by atoms with Gasteiger partial charge >= 0.3 is 0 Å². The normalized spacial score (nSPS) is 12.6. The second kappa shape index (κ2) is 6.31. The van der Waals surface area contributed by atoms with Crippen LogP contribution >= 0.6 is 22.6 Å². The summed E-state index contributed by atoms with van der Waals surface area (Å²) in [4.78, 5) is 27.8. The van der Waals surface area contributed by atoms with Crippen LogP contribution in [-0.4, -0.2) is 21.5 Å². The number of nitrogens with zero attached hydrogens (tertiary/aromatic N) is 2. The van der Waals surface area contributed by atoms with E-state index in [0.29, 0.717) is 15.3 Å². The van der Waals surface area contributed by atoms with Crippen LogP contribution in [0.1, 0.15) is 26.6 Å². The van der Waals surface area contributed by atoms with Crippen LogP contribution in [0.2, 0.25) is 0 Å². The zero-order valence-corrected chi connectivity index (χ0v) is 13.2. The number of aromatic nitrogens is 2. The third-order valence-electron chi connectivity index (χ3n) is 2.90. The Labute approximate surface area is 120 Å². The lowest BCUT2D eigenvalue weighted by Crippen LogP contribution is -2.40. The highest BCUT2D eigenvalue weighted by Gasteiger charge is 2.13. The van der Waals surface area contributed by atoms with Gasteiger partial charge in [-0.15, -0.1) is 0 Å². The summed E-state index contributed by atoms with van der Waals surface area (Å²) in [6.07, 6.45) is 1.52. The Hall–Kier alpha value is -0.920. The highest BCUT2D eigenvalue weighted by molar-refractivity contribution is 14.1. The monoisotopic (exact) mass is 363 g/mol. The van der Waals surface area contributed by atoms with Crippen molar-refractivity contribution < 1.29 is 4.79 Å². The molecular weight excluding hydrogens is 345 g/mol. The second-order valence-electron chi connectivity index (χ2n) is 4.64. The first kappa shape index (κ1) is 15.1. The maximum atomic E-state index is 11.9. The van der Waals surface area contributed by atoms with Gasteiger partial charge in [0, 0.05) is 12.2 Å². The summed E-state index contributed by atoms with van der Waals surface area (Å²) in [5.74, 6) is 0.749. The van der Waals surface area contributed by atoms with E-state index in [1.807, 2.05) is 43.4 Å². The van der Waals surface area contributed by atoms with Crippen LogP contribution in [0.15, 0.2) is 11.0 Å². The van der Waals surface area contributed by atoms with E-state index in [2.05, 4.69) is 10.3 Å². The van der Waals surface area contributed by atoms with Crippen molar-refractivity contribution in [3.05, 3.63) is 25.9 Å². The molecule has 1 unspecified atom stereocenters. The minimum atomic E-state index is -0.171. The Balaban J connectivity index is 2.83. The summed E-state index contributed by atoms with van der Waals surface area (Å²) in [6, 6.07) is 0.0873. The first-order chi connectivity index (χ1) is 8.32. The van der Waals surface area contributed by atoms with Gasteiger partial charge in [-0.05, 0) is 42.4 Å². The quantitative estimate of drug-likeness (QED) is 0.821. The maximum Gasteiger partial charge on any atom is 0.267 e. The number of hydrogen-bond acceptors (Lipinski definition) is 3. The van der Waals surface area contributed by atoms with Gasteiger partial charge in [-0.3, -0.25) is 14.2 Å². The molecular formula is C12H18IN3O2. The Kier molecular flexibility index (Phi) is 5.30. The van der Waals surface area contributed by atoms with E-state index >= 15 is 0 Å². The van der Waals surface area contributed by atoms with Crippen molar-refractivity contribution in [2.45, 2.75) is 40.3 Å². The number of amides is 1. The minimum Gasteiger partial charge on any atom is -0.352 e. The topological polar surface area (TPSA) is 64.0 Å². The van der Waals surface area contributed by atoms with Crippen molar-refractivity contribution in [3.63, 3.8) is 0 Å². The number of nitrogens with one attached hydrogen (secondary N) is 1. The fourth-order valence-corrected chi connectivity index (χ4v) is 1.78. The molecule has 1 heterocycles. The zero-order valence-electron chi connectivity index (χ0n) is 11.0. The maximum absolute atomic E-state index is 11.9. The fraction of sp³-hybridized carbons (Fsp3) is 0.583. The van der Waals surface area contributed by atoms with Gasteiger partial charge in [0.05, 0.1) is 3.57 Å². The van der Waals surface area contributed by atoms with E-state index in [9.17, 15) is 9.59 Å². The molecule has 5 nitrogen and oxygen atoms in total. The van der Waals surface area contributed by atoms with E-state index in [4.69, 9.17) is 0 Å². The predicted molar refractivity (Wildman–Crippen MR) is 78.4 cm³/mol. The Morgan fingerprint density at radius 1 is 1.50 bits per heavy atom. The Morgan fingerprint density at radius 2 is 2.11 bits per heavy atom. The average molecular weight is 363 g/mol. The van der Waals surface area contributed by atoms with Crippen LogP contribution in [0, 0.1) is 16.4 Å². The lowest BCUT2D eigenvalue weighted by atomic mass is 10.1. The number of halogens is 1. The molecule has 0 bridgehead atoms. The van der Waals surface area contributed by atoms with Crippen molar-refractivity contribution in [1.82, 2.24) is 14.9 Å². The van der Waals surface area contributed by atoms with Crippen LogP contribution in [0.5, 0.6) is 0 Å². The average Bonchev–Trinajstić information content (AvgIpc) is 2.29. The molecule has 0 radical (unpaired) electrons. The number of hydrogen-bond donors (Lipinski definition) is 1. The zero-order chi connectivity index (χ0) is 13.9. The van der Waals surface area contributed by atoms with Gasteiger partial charge in [-0.2, -0.15) is 0 Å². The van der Waals surface area contributed by atoms with Crippen molar-refractivity contribution in [3.8, 4) is 0 Å². The smallest absolute Gasteiger partial charge is 0.267 e. The van der Waals surface area contributed by atoms with E-state index in [0.717, 1.165) is 0 Å². The molecule has 0 saturated heterocycles. The number of carbonyl (C=O) groups excluding carboxylic acids is 1. The van der Waals surface area contributed by atoms with Crippen LogP contribution in [-0.2, 0) is 11.3 Å². The molecule has 6 heteroatoms.